The number of nitrogens with zero attached hydrogens (tertiary/aromatic N) is 1. The Bertz CT molecular complexity index is 630. The zero-order valence-electron chi connectivity index (χ0n) is 12.5. The topological polar surface area (TPSA) is 58.6 Å². The molecule has 1 N–H and O–H groups in total. The average Bonchev–Trinajstić information content (AvgIpc) is 2.47. The minimum Gasteiger partial charge on any atom is -0.487 e. The highest BCUT2D eigenvalue weighted by Gasteiger charge is 2.31. The first-order chi connectivity index (χ1) is 9.98. The van der Waals surface area contributed by atoms with Crippen molar-refractivity contribution in [2.24, 2.45) is 0 Å². The first kappa shape index (κ1) is 14.7. The van der Waals surface area contributed by atoms with Crippen LogP contribution in [-0.4, -0.2) is 38.0 Å². The van der Waals surface area contributed by atoms with Gasteiger partial charge in [-0.05, 0) is 44.9 Å². The third-order valence-electron chi connectivity index (χ3n) is 4.21. The lowest BCUT2D eigenvalue weighted by atomic mass is 10.1. The molecule has 1 fully saturated rings. The van der Waals surface area contributed by atoms with Gasteiger partial charge in [-0.1, -0.05) is 6.42 Å². The van der Waals surface area contributed by atoms with Crippen LogP contribution in [0.4, 0.5) is 5.69 Å². The molecule has 2 atom stereocenters. The predicted molar refractivity (Wildman–Crippen MR) is 82.2 cm³/mol. The van der Waals surface area contributed by atoms with Crippen molar-refractivity contribution < 1.29 is 13.2 Å². The Morgan fingerprint density at radius 2 is 2.10 bits per heavy atom. The van der Waals surface area contributed by atoms with E-state index in [-0.39, 0.29) is 12.1 Å². The van der Waals surface area contributed by atoms with Crippen LogP contribution in [0.3, 0.4) is 0 Å². The number of ether oxygens (including phenoxy) is 1. The van der Waals surface area contributed by atoms with E-state index in [4.69, 9.17) is 4.74 Å². The molecule has 116 valence electrons. The van der Waals surface area contributed by atoms with E-state index < -0.39 is 10.0 Å². The number of hydrogen-bond acceptors (Lipinski definition) is 4. The molecule has 2 aliphatic heterocycles. The Labute approximate surface area is 126 Å². The van der Waals surface area contributed by atoms with Crippen LogP contribution in [0.1, 0.15) is 33.1 Å². The van der Waals surface area contributed by atoms with Gasteiger partial charge in [0.1, 0.15) is 11.9 Å². The lowest BCUT2D eigenvalue weighted by Crippen LogP contribution is -2.42. The largest absolute Gasteiger partial charge is 0.487 e. The molecule has 0 aromatic heterocycles. The molecule has 0 bridgehead atoms. The third-order valence-corrected chi connectivity index (χ3v) is 6.22. The van der Waals surface area contributed by atoms with Gasteiger partial charge in [0.25, 0.3) is 0 Å². The molecular weight excluding hydrogens is 288 g/mol. The maximum Gasteiger partial charge on any atom is 0.243 e. The SMILES string of the molecule is CC1CNc2cc(S(=O)(=O)N3CCCCC3C)ccc2O1. The average molecular weight is 310 g/mol. The van der Waals surface area contributed by atoms with E-state index in [1.54, 1.807) is 22.5 Å². The lowest BCUT2D eigenvalue weighted by Gasteiger charge is -2.32. The Morgan fingerprint density at radius 3 is 2.86 bits per heavy atom. The number of sulfonamides is 1. The smallest absolute Gasteiger partial charge is 0.243 e. The second kappa shape index (κ2) is 5.50. The number of nitrogens with one attached hydrogen (secondary N) is 1. The van der Waals surface area contributed by atoms with Crippen molar-refractivity contribution in [1.82, 2.24) is 4.31 Å². The number of piperidine rings is 1. The molecule has 0 spiro atoms. The van der Waals surface area contributed by atoms with Crippen LogP contribution >= 0.6 is 0 Å². The number of rotatable bonds is 2. The van der Waals surface area contributed by atoms with E-state index in [9.17, 15) is 8.42 Å². The van der Waals surface area contributed by atoms with E-state index in [0.29, 0.717) is 18.0 Å². The van der Waals surface area contributed by atoms with Crippen molar-refractivity contribution in [1.29, 1.82) is 0 Å². The molecule has 0 radical (unpaired) electrons. The molecule has 6 heteroatoms. The molecule has 1 aromatic rings. The van der Waals surface area contributed by atoms with Crippen LogP contribution in [0.15, 0.2) is 23.1 Å². The fourth-order valence-electron chi connectivity index (χ4n) is 2.99. The molecule has 2 heterocycles. The molecule has 0 saturated carbocycles. The summed E-state index contributed by atoms with van der Waals surface area (Å²) in [5.74, 6) is 0.722. The zero-order valence-corrected chi connectivity index (χ0v) is 13.3. The van der Waals surface area contributed by atoms with Crippen LogP contribution in [0.5, 0.6) is 5.75 Å². The van der Waals surface area contributed by atoms with E-state index in [1.807, 2.05) is 13.8 Å². The van der Waals surface area contributed by atoms with Gasteiger partial charge in [0, 0.05) is 12.6 Å². The highest BCUT2D eigenvalue weighted by atomic mass is 32.2. The summed E-state index contributed by atoms with van der Waals surface area (Å²) in [6, 6.07) is 5.16. The number of fused-ring (bicyclic) bond motifs is 1. The van der Waals surface area contributed by atoms with Gasteiger partial charge in [0.15, 0.2) is 0 Å². The van der Waals surface area contributed by atoms with E-state index in [2.05, 4.69) is 5.32 Å². The maximum atomic E-state index is 12.8. The van der Waals surface area contributed by atoms with Crippen LogP contribution in [-0.2, 0) is 10.0 Å². The Balaban J connectivity index is 1.92. The van der Waals surface area contributed by atoms with Gasteiger partial charge in [-0.3, -0.25) is 0 Å². The summed E-state index contributed by atoms with van der Waals surface area (Å²) in [6.45, 7) is 5.27. The van der Waals surface area contributed by atoms with Crippen molar-refractivity contribution in [3.05, 3.63) is 18.2 Å². The second-order valence-corrected chi connectivity index (χ2v) is 7.82. The molecule has 5 nitrogen and oxygen atoms in total. The summed E-state index contributed by atoms with van der Waals surface area (Å²) in [5, 5.41) is 3.23. The van der Waals surface area contributed by atoms with Gasteiger partial charge < -0.3 is 10.1 Å². The van der Waals surface area contributed by atoms with Gasteiger partial charge in [-0.25, -0.2) is 8.42 Å². The summed E-state index contributed by atoms with van der Waals surface area (Å²) in [5.41, 5.74) is 0.763. The number of benzene rings is 1. The Hall–Kier alpha value is -1.27. The minimum atomic E-state index is -3.42. The van der Waals surface area contributed by atoms with Crippen molar-refractivity contribution in [3.8, 4) is 5.75 Å². The van der Waals surface area contributed by atoms with Gasteiger partial charge in [0.05, 0.1) is 17.1 Å². The molecule has 2 aliphatic rings. The number of hydrogen-bond donors (Lipinski definition) is 1. The van der Waals surface area contributed by atoms with Crippen molar-refractivity contribution in [2.75, 3.05) is 18.4 Å². The second-order valence-electron chi connectivity index (χ2n) is 5.93. The first-order valence-corrected chi connectivity index (χ1v) is 8.99. The number of anilines is 1. The molecular formula is C15H22N2O3S. The normalized spacial score (nSPS) is 26.6. The maximum absolute atomic E-state index is 12.8. The van der Waals surface area contributed by atoms with Crippen LogP contribution < -0.4 is 10.1 Å². The minimum absolute atomic E-state index is 0.0732. The fourth-order valence-corrected chi connectivity index (χ4v) is 4.71. The molecule has 0 aliphatic carbocycles. The van der Waals surface area contributed by atoms with Gasteiger partial charge in [-0.2, -0.15) is 4.31 Å². The molecule has 1 aromatic carbocycles. The van der Waals surface area contributed by atoms with Gasteiger partial charge >= 0.3 is 0 Å². The van der Waals surface area contributed by atoms with E-state index >= 15 is 0 Å². The van der Waals surface area contributed by atoms with Crippen molar-refractivity contribution in [2.45, 2.75) is 50.2 Å². The summed E-state index contributed by atoms with van der Waals surface area (Å²) < 4.78 is 32.9. The zero-order chi connectivity index (χ0) is 15.0. The quantitative estimate of drug-likeness (QED) is 0.911. The molecule has 0 amide bonds. The van der Waals surface area contributed by atoms with Crippen molar-refractivity contribution in [3.63, 3.8) is 0 Å². The Morgan fingerprint density at radius 1 is 1.29 bits per heavy atom. The standard InChI is InChI=1S/C15H22N2O3S/c1-11-5-3-4-8-17(11)21(18,19)13-6-7-15-14(9-13)16-10-12(2)20-15/h6-7,9,11-12,16H,3-5,8,10H2,1-2H3. The summed E-state index contributed by atoms with van der Waals surface area (Å²) in [7, 11) is -3.42. The van der Waals surface area contributed by atoms with Gasteiger partial charge in [-0.15, -0.1) is 0 Å². The Kier molecular flexibility index (Phi) is 3.84. The van der Waals surface area contributed by atoms with Crippen LogP contribution in [0.25, 0.3) is 0 Å². The van der Waals surface area contributed by atoms with Gasteiger partial charge in [0.2, 0.25) is 10.0 Å². The van der Waals surface area contributed by atoms with E-state index in [0.717, 1.165) is 30.7 Å². The highest BCUT2D eigenvalue weighted by molar-refractivity contribution is 7.89. The fraction of sp³-hybridized carbons (Fsp3) is 0.600. The highest BCUT2D eigenvalue weighted by Crippen LogP contribution is 2.33. The molecule has 1 saturated heterocycles. The monoisotopic (exact) mass is 310 g/mol. The third kappa shape index (κ3) is 2.74. The summed E-state index contributed by atoms with van der Waals surface area (Å²) >= 11 is 0. The predicted octanol–water partition coefficient (Wildman–Crippen LogP) is 2.44. The first-order valence-electron chi connectivity index (χ1n) is 7.55. The molecule has 3 rings (SSSR count). The molecule has 21 heavy (non-hydrogen) atoms. The van der Waals surface area contributed by atoms with Crippen LogP contribution in [0.2, 0.25) is 0 Å². The summed E-state index contributed by atoms with van der Waals surface area (Å²) in [6.07, 6.45) is 3.07. The lowest BCUT2D eigenvalue weighted by molar-refractivity contribution is 0.226. The molecule has 2 unspecified atom stereocenters. The van der Waals surface area contributed by atoms with Crippen molar-refractivity contribution >= 4 is 15.7 Å². The summed E-state index contributed by atoms with van der Waals surface area (Å²) in [4.78, 5) is 0.348. The van der Waals surface area contributed by atoms with Crippen LogP contribution in [0, 0.1) is 0 Å². The van der Waals surface area contributed by atoms with E-state index in [1.165, 1.54) is 0 Å².